The zero-order chi connectivity index (χ0) is 24.6. The fourth-order valence-corrected chi connectivity index (χ4v) is 9.80. The van der Waals surface area contributed by atoms with Gasteiger partial charge in [-0.05, 0) is 46.0 Å². The number of carbonyl (C=O) groups excluding carboxylic acids is 1. The van der Waals surface area contributed by atoms with E-state index in [4.69, 9.17) is 9.16 Å². The number of benzene rings is 2. The molecule has 0 bridgehead atoms. The molecule has 0 radical (unpaired) electrons. The van der Waals surface area contributed by atoms with E-state index in [0.29, 0.717) is 16.6 Å². The van der Waals surface area contributed by atoms with Crippen LogP contribution in [0.25, 0.3) is 6.08 Å². The number of carboxylic acid groups (broad SMARTS) is 1. The molecule has 0 atom stereocenters. The van der Waals surface area contributed by atoms with E-state index in [-0.39, 0.29) is 12.2 Å². The number of carbonyl (C=O) groups is 2. The van der Waals surface area contributed by atoms with E-state index in [9.17, 15) is 14.7 Å². The number of hydrogen-bond donors (Lipinski definition) is 1. The third kappa shape index (κ3) is 7.06. The van der Waals surface area contributed by atoms with E-state index in [2.05, 4.69) is 41.5 Å². The molecule has 0 aliphatic heterocycles. The highest BCUT2D eigenvalue weighted by Crippen LogP contribution is 2.42. The van der Waals surface area contributed by atoms with Crippen LogP contribution in [-0.4, -0.2) is 25.4 Å². The molecule has 1 N–H and O–H groups in total. The van der Waals surface area contributed by atoms with Crippen LogP contribution in [0, 0.1) is 0 Å². The molecule has 6 heteroatoms. The van der Waals surface area contributed by atoms with Crippen molar-refractivity contribution in [3.63, 3.8) is 0 Å². The van der Waals surface area contributed by atoms with Gasteiger partial charge in [-0.15, -0.1) is 0 Å². The molecule has 0 aliphatic carbocycles. The van der Waals surface area contributed by atoms with Gasteiger partial charge in [0.2, 0.25) is 0 Å². The molecule has 0 saturated heterocycles. The van der Waals surface area contributed by atoms with Gasteiger partial charge < -0.3 is 14.3 Å². The maximum absolute atomic E-state index is 12.6. The lowest BCUT2D eigenvalue weighted by molar-refractivity contribution is -0.143. The molecule has 0 unspecified atom stereocenters. The molecule has 0 heterocycles. The van der Waals surface area contributed by atoms with E-state index in [1.165, 1.54) is 0 Å². The van der Waals surface area contributed by atoms with Gasteiger partial charge >= 0.3 is 11.9 Å². The van der Waals surface area contributed by atoms with Crippen LogP contribution in [0.5, 0.6) is 5.75 Å². The maximum Gasteiger partial charge on any atom is 0.334 e. The Labute approximate surface area is 198 Å². The van der Waals surface area contributed by atoms with Gasteiger partial charge in [0.05, 0.1) is 6.42 Å². The summed E-state index contributed by atoms with van der Waals surface area (Å²) < 4.78 is 12.0. The van der Waals surface area contributed by atoms with Gasteiger partial charge in [0.1, 0.15) is 12.4 Å². The largest absolute Gasteiger partial charge is 0.543 e. The lowest BCUT2D eigenvalue weighted by atomic mass is 10.1. The summed E-state index contributed by atoms with van der Waals surface area (Å²) >= 11 is 0. The minimum absolute atomic E-state index is 0.0930. The Bertz CT molecular complexity index is 924. The molecule has 2 rings (SSSR count). The summed E-state index contributed by atoms with van der Waals surface area (Å²) in [5, 5.41) is 9.26. The van der Waals surface area contributed by atoms with Gasteiger partial charge in [0.15, 0.2) is 0 Å². The number of aliphatic carboxylic acids is 1. The van der Waals surface area contributed by atoms with Crippen molar-refractivity contribution >= 4 is 26.3 Å². The first-order chi connectivity index (χ1) is 15.6. The van der Waals surface area contributed by atoms with Gasteiger partial charge in [0, 0.05) is 5.57 Å². The Morgan fingerprint density at radius 3 is 1.91 bits per heavy atom. The summed E-state index contributed by atoms with van der Waals surface area (Å²) in [6.45, 7) is 13.5. The van der Waals surface area contributed by atoms with E-state index < -0.39 is 26.7 Å². The second-order valence-corrected chi connectivity index (χ2v) is 14.7. The molecule has 0 spiro atoms. The summed E-state index contributed by atoms with van der Waals surface area (Å²) in [7, 11) is -2.07. The monoisotopic (exact) mass is 468 g/mol. The minimum Gasteiger partial charge on any atom is -0.543 e. The van der Waals surface area contributed by atoms with Crippen molar-refractivity contribution in [3.05, 3.63) is 71.3 Å². The third-order valence-corrected chi connectivity index (χ3v) is 12.0. The molecule has 0 saturated carbocycles. The standard InChI is InChI=1S/C27H36O5Si/c1-19(2)33(20(3)4,21(5)6)32-25-14-12-22(13-15-25)16-24(17-26(28)29)27(30)31-18-23-10-8-7-9-11-23/h7-16,19-21H,17-18H2,1-6H3,(H,28,29)/b24-16-. The molecule has 33 heavy (non-hydrogen) atoms. The van der Waals surface area contributed by atoms with Crippen LogP contribution in [0.4, 0.5) is 0 Å². The van der Waals surface area contributed by atoms with Crippen molar-refractivity contribution in [1.82, 2.24) is 0 Å². The Morgan fingerprint density at radius 1 is 0.879 bits per heavy atom. The van der Waals surface area contributed by atoms with Gasteiger partial charge in [-0.2, -0.15) is 0 Å². The second-order valence-electron chi connectivity index (χ2n) is 9.29. The Balaban J connectivity index is 2.21. The quantitative estimate of drug-likeness (QED) is 0.222. The normalized spacial score (nSPS) is 12.3. The lowest BCUT2D eigenvalue weighted by Gasteiger charge is -2.42. The van der Waals surface area contributed by atoms with Gasteiger partial charge in [-0.1, -0.05) is 84.0 Å². The Morgan fingerprint density at radius 2 is 1.42 bits per heavy atom. The summed E-state index contributed by atoms with van der Waals surface area (Å²) in [4.78, 5) is 23.9. The van der Waals surface area contributed by atoms with Crippen LogP contribution >= 0.6 is 0 Å². The van der Waals surface area contributed by atoms with Gasteiger partial charge in [0.25, 0.3) is 8.32 Å². The topological polar surface area (TPSA) is 72.8 Å². The number of hydrogen-bond acceptors (Lipinski definition) is 4. The highest BCUT2D eigenvalue weighted by molar-refractivity contribution is 6.78. The zero-order valence-corrected chi connectivity index (χ0v) is 21.5. The summed E-state index contributed by atoms with van der Waals surface area (Å²) in [6.07, 6.45) is 1.17. The van der Waals surface area contributed by atoms with Crippen molar-refractivity contribution in [1.29, 1.82) is 0 Å². The first kappa shape index (κ1) is 26.4. The highest BCUT2D eigenvalue weighted by Gasteiger charge is 2.46. The average Bonchev–Trinajstić information content (AvgIpc) is 2.76. The minimum atomic E-state index is -2.07. The predicted octanol–water partition coefficient (Wildman–Crippen LogP) is 6.84. The van der Waals surface area contributed by atoms with Crippen molar-refractivity contribution in [2.75, 3.05) is 0 Å². The van der Waals surface area contributed by atoms with Crippen molar-refractivity contribution < 1.29 is 23.9 Å². The SMILES string of the molecule is CC(C)[Si](Oc1ccc(/C=C(/CC(=O)O)C(=O)OCc2ccccc2)cc1)(C(C)C)C(C)C. The maximum atomic E-state index is 12.6. The van der Waals surface area contributed by atoms with Crippen molar-refractivity contribution in [2.45, 2.75) is 71.2 Å². The molecule has 0 aromatic heterocycles. The number of carboxylic acids is 1. The van der Waals surface area contributed by atoms with Crippen molar-refractivity contribution in [3.8, 4) is 5.75 Å². The van der Waals surface area contributed by atoms with Crippen LogP contribution in [0.2, 0.25) is 16.6 Å². The summed E-state index contributed by atoms with van der Waals surface area (Å²) in [5.41, 5.74) is 3.04. The first-order valence-corrected chi connectivity index (χ1v) is 13.6. The third-order valence-electron chi connectivity index (χ3n) is 6.04. The molecule has 2 aromatic carbocycles. The highest BCUT2D eigenvalue weighted by atomic mass is 28.4. The fourth-order valence-electron chi connectivity index (χ4n) is 4.55. The number of ether oxygens (including phenoxy) is 1. The van der Waals surface area contributed by atoms with E-state index >= 15 is 0 Å². The van der Waals surface area contributed by atoms with Crippen LogP contribution in [0.15, 0.2) is 60.2 Å². The summed E-state index contributed by atoms with van der Waals surface area (Å²) in [6, 6.07) is 16.8. The van der Waals surface area contributed by atoms with E-state index in [1.54, 1.807) is 6.08 Å². The molecule has 0 amide bonds. The molecule has 178 valence electrons. The molecule has 0 fully saturated rings. The van der Waals surface area contributed by atoms with Gasteiger partial charge in [-0.25, -0.2) is 4.79 Å². The molecule has 2 aromatic rings. The Hall–Kier alpha value is -2.86. The molecular formula is C27H36O5Si. The second kappa shape index (κ2) is 11.8. The first-order valence-electron chi connectivity index (χ1n) is 11.5. The average molecular weight is 469 g/mol. The van der Waals surface area contributed by atoms with Crippen molar-refractivity contribution in [2.24, 2.45) is 0 Å². The smallest absolute Gasteiger partial charge is 0.334 e. The van der Waals surface area contributed by atoms with Gasteiger partial charge in [-0.3, -0.25) is 4.79 Å². The van der Waals surface area contributed by atoms with Crippen LogP contribution in [-0.2, 0) is 20.9 Å². The lowest BCUT2D eigenvalue weighted by Crippen LogP contribution is -2.50. The molecule has 0 aliphatic rings. The summed E-state index contributed by atoms with van der Waals surface area (Å²) in [5.74, 6) is -0.909. The molecular weight excluding hydrogens is 432 g/mol. The fraction of sp³-hybridized carbons (Fsp3) is 0.407. The Kier molecular flexibility index (Phi) is 9.47. The van der Waals surface area contributed by atoms with Crippen LogP contribution in [0.3, 0.4) is 0 Å². The number of esters is 1. The predicted molar refractivity (Wildman–Crippen MR) is 135 cm³/mol. The van der Waals surface area contributed by atoms with E-state index in [0.717, 1.165) is 16.9 Å². The van der Waals surface area contributed by atoms with Crippen LogP contribution < -0.4 is 4.43 Å². The molecule has 5 nitrogen and oxygen atoms in total. The van der Waals surface area contributed by atoms with Crippen LogP contribution in [0.1, 0.15) is 59.1 Å². The number of rotatable bonds is 11. The zero-order valence-electron chi connectivity index (χ0n) is 20.5. The van der Waals surface area contributed by atoms with E-state index in [1.807, 2.05) is 54.6 Å².